The van der Waals surface area contributed by atoms with E-state index < -0.39 is 0 Å². The Morgan fingerprint density at radius 3 is 2.60 bits per heavy atom. The fourth-order valence-electron chi connectivity index (χ4n) is 3.39. The van der Waals surface area contributed by atoms with Crippen LogP contribution in [-0.2, 0) is 6.54 Å². The highest BCUT2D eigenvalue weighted by molar-refractivity contribution is 7.23. The van der Waals surface area contributed by atoms with E-state index >= 15 is 0 Å². The maximum atomic E-state index is 13.0. The fourth-order valence-corrected chi connectivity index (χ4v) is 4.44. The number of aryl methyl sites for hydroxylation is 1. The molecule has 30 heavy (non-hydrogen) atoms. The second kappa shape index (κ2) is 7.39. The molecule has 4 nitrogen and oxygen atoms in total. The lowest BCUT2D eigenvalue weighted by molar-refractivity contribution is 0.0951. The van der Waals surface area contributed by atoms with Gasteiger partial charge in [-0.05, 0) is 42.8 Å². The molecule has 0 radical (unpaired) electrons. The number of hydrogen-bond donors (Lipinski definition) is 1. The van der Waals surface area contributed by atoms with Crippen LogP contribution in [0.4, 0.5) is 4.39 Å². The van der Waals surface area contributed by atoms with Crippen molar-refractivity contribution in [3.63, 3.8) is 0 Å². The van der Waals surface area contributed by atoms with Crippen LogP contribution in [0.15, 0.2) is 72.9 Å². The summed E-state index contributed by atoms with van der Waals surface area (Å²) in [5.74, 6) is -0.448. The van der Waals surface area contributed by atoms with E-state index in [9.17, 15) is 9.18 Å². The summed E-state index contributed by atoms with van der Waals surface area (Å²) in [7, 11) is 0. The zero-order valence-electron chi connectivity index (χ0n) is 16.2. The highest BCUT2D eigenvalue weighted by Crippen LogP contribution is 2.30. The van der Waals surface area contributed by atoms with E-state index in [0.29, 0.717) is 12.1 Å². The quantitative estimate of drug-likeness (QED) is 0.416. The minimum atomic E-state index is -0.288. The fraction of sp³-hybridized carbons (Fsp3) is 0.0833. The van der Waals surface area contributed by atoms with Gasteiger partial charge >= 0.3 is 0 Å². The van der Waals surface area contributed by atoms with Crippen LogP contribution < -0.4 is 5.32 Å². The van der Waals surface area contributed by atoms with Gasteiger partial charge in [-0.1, -0.05) is 53.3 Å². The largest absolute Gasteiger partial charge is 0.348 e. The van der Waals surface area contributed by atoms with Gasteiger partial charge in [-0.25, -0.2) is 9.37 Å². The molecule has 148 valence electrons. The number of rotatable bonds is 4. The number of aromatic nitrogens is 2. The summed E-state index contributed by atoms with van der Waals surface area (Å²) in [5, 5.41) is 2.88. The minimum absolute atomic E-state index is 0.160. The molecule has 0 saturated carbocycles. The molecule has 0 aliphatic rings. The van der Waals surface area contributed by atoms with Gasteiger partial charge in [0, 0.05) is 23.9 Å². The first kappa shape index (κ1) is 18.5. The van der Waals surface area contributed by atoms with E-state index in [-0.39, 0.29) is 11.7 Å². The maximum Gasteiger partial charge on any atom is 0.251 e. The Labute approximate surface area is 176 Å². The molecule has 0 saturated heterocycles. The molecule has 0 unspecified atom stereocenters. The number of amides is 1. The summed E-state index contributed by atoms with van der Waals surface area (Å²) in [6.07, 6.45) is 2.03. The highest BCUT2D eigenvalue weighted by Gasteiger charge is 2.13. The first-order valence-electron chi connectivity index (χ1n) is 9.58. The zero-order valence-corrected chi connectivity index (χ0v) is 17.0. The van der Waals surface area contributed by atoms with Crippen molar-refractivity contribution in [1.82, 2.24) is 14.7 Å². The Balaban J connectivity index is 1.39. The van der Waals surface area contributed by atoms with Crippen molar-refractivity contribution in [3.8, 4) is 11.3 Å². The molecule has 0 aliphatic carbocycles. The zero-order chi connectivity index (χ0) is 20.7. The molecule has 0 fully saturated rings. The Morgan fingerprint density at radius 2 is 1.83 bits per heavy atom. The SMILES string of the molecule is Cc1ccc(-c2cn3c(n2)sc2cc(C(=O)NCc4ccc(F)cc4)ccc23)cc1. The number of benzene rings is 3. The standard InChI is InChI=1S/C24H18FN3OS/c1-15-2-6-17(7-3-15)20-14-28-21-11-8-18(12-22(21)30-24(28)27-20)23(29)26-13-16-4-9-19(25)10-5-16/h2-12,14H,13H2,1H3,(H,26,29). The third-order valence-corrected chi connectivity index (χ3v) is 6.09. The number of nitrogens with zero attached hydrogens (tertiary/aromatic N) is 2. The van der Waals surface area contributed by atoms with Gasteiger partial charge in [-0.3, -0.25) is 9.20 Å². The molecule has 0 spiro atoms. The molecule has 2 aromatic heterocycles. The summed E-state index contributed by atoms with van der Waals surface area (Å²) in [5.41, 5.74) is 5.70. The lowest BCUT2D eigenvalue weighted by atomic mass is 10.1. The lowest BCUT2D eigenvalue weighted by Crippen LogP contribution is -2.22. The number of thiazole rings is 1. The first-order valence-corrected chi connectivity index (χ1v) is 10.4. The Morgan fingerprint density at radius 1 is 1.07 bits per heavy atom. The summed E-state index contributed by atoms with van der Waals surface area (Å²) in [4.78, 5) is 18.2. The van der Waals surface area contributed by atoms with Crippen LogP contribution in [0.1, 0.15) is 21.5 Å². The van der Waals surface area contributed by atoms with Gasteiger partial charge in [-0.15, -0.1) is 0 Å². The third kappa shape index (κ3) is 3.46. The van der Waals surface area contributed by atoms with Gasteiger partial charge in [0.15, 0.2) is 4.96 Å². The van der Waals surface area contributed by atoms with Crippen molar-refractivity contribution >= 4 is 32.4 Å². The van der Waals surface area contributed by atoms with Crippen LogP contribution in [0.2, 0.25) is 0 Å². The van der Waals surface area contributed by atoms with E-state index in [2.05, 4.69) is 40.9 Å². The molecule has 3 aromatic carbocycles. The van der Waals surface area contributed by atoms with Crippen molar-refractivity contribution in [2.75, 3.05) is 0 Å². The van der Waals surface area contributed by atoms with Gasteiger partial charge in [0.1, 0.15) is 5.82 Å². The van der Waals surface area contributed by atoms with Crippen molar-refractivity contribution in [3.05, 3.63) is 95.4 Å². The number of hydrogen-bond acceptors (Lipinski definition) is 3. The van der Waals surface area contributed by atoms with E-state index in [4.69, 9.17) is 4.98 Å². The number of fused-ring (bicyclic) bond motifs is 3. The van der Waals surface area contributed by atoms with Crippen molar-refractivity contribution in [2.45, 2.75) is 13.5 Å². The maximum absolute atomic E-state index is 13.0. The molecule has 1 amide bonds. The Bertz CT molecular complexity index is 1370. The molecule has 0 bridgehead atoms. The van der Waals surface area contributed by atoms with Crippen LogP contribution in [0.25, 0.3) is 26.4 Å². The van der Waals surface area contributed by atoms with Gasteiger partial charge in [0.2, 0.25) is 0 Å². The number of carbonyl (C=O) groups excluding carboxylic acids is 1. The number of nitrogens with one attached hydrogen (secondary N) is 1. The van der Waals surface area contributed by atoms with Crippen LogP contribution in [-0.4, -0.2) is 15.3 Å². The highest BCUT2D eigenvalue weighted by atomic mass is 32.1. The monoisotopic (exact) mass is 415 g/mol. The molecule has 0 aliphatic heterocycles. The molecular formula is C24H18FN3OS. The predicted octanol–water partition coefficient (Wildman–Crippen LogP) is 5.59. The molecule has 1 N–H and O–H groups in total. The molecule has 0 atom stereocenters. The summed E-state index contributed by atoms with van der Waals surface area (Å²) >= 11 is 1.56. The molecule has 5 rings (SSSR count). The van der Waals surface area contributed by atoms with Gasteiger partial charge in [0.25, 0.3) is 5.91 Å². The Kier molecular flexibility index (Phi) is 4.56. The second-order valence-electron chi connectivity index (χ2n) is 7.24. The van der Waals surface area contributed by atoms with Crippen LogP contribution in [0.3, 0.4) is 0 Å². The topological polar surface area (TPSA) is 46.4 Å². The normalized spacial score (nSPS) is 11.3. The molecule has 5 aromatic rings. The van der Waals surface area contributed by atoms with Crippen molar-refractivity contribution < 1.29 is 9.18 Å². The number of halogens is 1. The van der Waals surface area contributed by atoms with Gasteiger partial charge in [-0.2, -0.15) is 0 Å². The van der Waals surface area contributed by atoms with Crippen molar-refractivity contribution in [1.29, 1.82) is 0 Å². The molecule has 6 heteroatoms. The van der Waals surface area contributed by atoms with E-state index in [1.54, 1.807) is 23.5 Å². The van der Waals surface area contributed by atoms with E-state index in [1.165, 1.54) is 17.7 Å². The van der Waals surface area contributed by atoms with Crippen molar-refractivity contribution in [2.24, 2.45) is 0 Å². The summed E-state index contributed by atoms with van der Waals surface area (Å²) in [6, 6.07) is 20.1. The van der Waals surface area contributed by atoms with Gasteiger partial charge < -0.3 is 5.32 Å². The summed E-state index contributed by atoms with van der Waals surface area (Å²) < 4.78 is 16.1. The Hall–Kier alpha value is -3.51. The smallest absolute Gasteiger partial charge is 0.251 e. The predicted molar refractivity (Wildman–Crippen MR) is 118 cm³/mol. The molecule has 2 heterocycles. The van der Waals surface area contributed by atoms with E-state index in [0.717, 1.165) is 32.0 Å². The average molecular weight is 415 g/mol. The lowest BCUT2D eigenvalue weighted by Gasteiger charge is -2.05. The first-order chi connectivity index (χ1) is 14.6. The van der Waals surface area contributed by atoms with Crippen LogP contribution in [0, 0.1) is 12.7 Å². The summed E-state index contributed by atoms with van der Waals surface area (Å²) in [6.45, 7) is 2.42. The second-order valence-corrected chi connectivity index (χ2v) is 8.25. The van der Waals surface area contributed by atoms with E-state index in [1.807, 2.05) is 24.4 Å². The van der Waals surface area contributed by atoms with Gasteiger partial charge in [0.05, 0.1) is 15.9 Å². The molecular weight excluding hydrogens is 397 g/mol. The number of carbonyl (C=O) groups is 1. The van der Waals surface area contributed by atoms with Crippen LogP contribution in [0.5, 0.6) is 0 Å². The minimum Gasteiger partial charge on any atom is -0.348 e. The average Bonchev–Trinajstić information content (AvgIpc) is 3.31. The van der Waals surface area contributed by atoms with Crippen LogP contribution >= 0.6 is 11.3 Å². The third-order valence-electron chi connectivity index (χ3n) is 5.07. The number of imidazole rings is 1.